The first-order chi connectivity index (χ1) is 12.7. The van der Waals surface area contributed by atoms with Gasteiger partial charge in [0.1, 0.15) is 5.75 Å². The molecule has 26 heavy (non-hydrogen) atoms. The minimum absolute atomic E-state index is 0.420. The molecule has 2 N–H and O–H groups in total. The normalized spacial score (nSPS) is 11.7. The average Bonchev–Trinajstić information content (AvgIpc) is 3.03. The van der Waals surface area contributed by atoms with Gasteiger partial charge in [0.25, 0.3) is 0 Å². The van der Waals surface area contributed by atoms with E-state index in [9.17, 15) is 4.79 Å². The van der Waals surface area contributed by atoms with Gasteiger partial charge in [0.05, 0.1) is 18.0 Å². The fourth-order valence-corrected chi connectivity index (χ4v) is 3.40. The molecule has 1 heterocycles. The first-order valence-corrected chi connectivity index (χ1v) is 8.82. The number of carbonyl (C=O) groups is 1. The van der Waals surface area contributed by atoms with E-state index in [0.29, 0.717) is 18.6 Å². The predicted molar refractivity (Wildman–Crippen MR) is 102 cm³/mol. The van der Waals surface area contributed by atoms with E-state index in [1.54, 1.807) is 6.07 Å². The van der Waals surface area contributed by atoms with Gasteiger partial charge in [0, 0.05) is 23.1 Å². The Kier molecular flexibility index (Phi) is 4.17. The average molecular weight is 344 g/mol. The summed E-state index contributed by atoms with van der Waals surface area (Å²) in [5.74, 6) is 0.429. The molecule has 1 aliphatic carbocycles. The van der Waals surface area contributed by atoms with E-state index in [1.165, 1.54) is 0 Å². The van der Waals surface area contributed by atoms with Crippen LogP contribution in [-0.2, 0) is 6.42 Å². The Morgan fingerprint density at radius 2 is 1.96 bits per heavy atom. The molecule has 2 aromatic carbocycles. The van der Waals surface area contributed by atoms with Crippen LogP contribution in [0.2, 0.25) is 0 Å². The van der Waals surface area contributed by atoms with Gasteiger partial charge in [-0.2, -0.15) is 0 Å². The van der Waals surface area contributed by atoms with Crippen molar-refractivity contribution in [2.75, 3.05) is 6.61 Å². The molecule has 4 heteroatoms. The molecular formula is C22H20N2O2. The van der Waals surface area contributed by atoms with Crippen molar-refractivity contribution in [3.8, 4) is 28.3 Å². The third-order valence-corrected chi connectivity index (χ3v) is 4.63. The molecule has 1 aromatic heterocycles. The number of rotatable bonds is 5. The highest BCUT2D eigenvalue weighted by molar-refractivity contribution is 5.98. The number of carbonyl (C=O) groups excluding carboxylic acids is 1. The minimum Gasteiger partial charge on any atom is -0.494 e. The van der Waals surface area contributed by atoms with Gasteiger partial charge >= 0.3 is 0 Å². The van der Waals surface area contributed by atoms with Crippen molar-refractivity contribution in [1.29, 1.82) is 0 Å². The van der Waals surface area contributed by atoms with Crippen LogP contribution in [0.4, 0.5) is 0 Å². The number of ether oxygens (including phenoxy) is 1. The lowest BCUT2D eigenvalue weighted by Gasteiger charge is -2.09. The van der Waals surface area contributed by atoms with Crippen LogP contribution in [0.3, 0.4) is 0 Å². The smallest absolute Gasteiger partial charge is 0.249 e. The number of fused-ring (bicyclic) bond motifs is 3. The Balaban J connectivity index is 1.83. The van der Waals surface area contributed by atoms with E-state index in [4.69, 9.17) is 15.5 Å². The molecule has 130 valence electrons. The van der Waals surface area contributed by atoms with E-state index in [1.807, 2.05) is 48.5 Å². The Hall–Kier alpha value is -3.14. The number of hydrogen-bond donors (Lipinski definition) is 1. The third-order valence-electron chi connectivity index (χ3n) is 4.63. The monoisotopic (exact) mass is 344 g/mol. The largest absolute Gasteiger partial charge is 0.494 e. The summed E-state index contributed by atoms with van der Waals surface area (Å²) < 4.78 is 5.74. The summed E-state index contributed by atoms with van der Waals surface area (Å²) in [6, 6.07) is 17.7. The van der Waals surface area contributed by atoms with E-state index >= 15 is 0 Å². The van der Waals surface area contributed by atoms with Gasteiger partial charge in [-0.25, -0.2) is 4.98 Å². The quantitative estimate of drug-likeness (QED) is 0.590. The Labute approximate surface area is 152 Å². The van der Waals surface area contributed by atoms with Gasteiger partial charge in [-0.15, -0.1) is 0 Å². The highest BCUT2D eigenvalue weighted by Crippen LogP contribution is 2.40. The number of aromatic nitrogens is 1. The maximum absolute atomic E-state index is 12.1. The molecule has 1 aliphatic rings. The summed E-state index contributed by atoms with van der Waals surface area (Å²) in [6.45, 7) is 2.77. The Morgan fingerprint density at radius 1 is 1.15 bits per heavy atom. The van der Waals surface area contributed by atoms with Crippen LogP contribution in [0.5, 0.6) is 5.75 Å². The molecule has 4 nitrogen and oxygen atoms in total. The molecule has 0 unspecified atom stereocenters. The Bertz CT molecular complexity index is 981. The zero-order valence-corrected chi connectivity index (χ0v) is 14.7. The lowest BCUT2D eigenvalue weighted by Crippen LogP contribution is -2.14. The van der Waals surface area contributed by atoms with Crippen molar-refractivity contribution in [3.05, 3.63) is 71.3 Å². The number of primary amides is 1. The van der Waals surface area contributed by atoms with Gasteiger partial charge in [0.2, 0.25) is 5.91 Å². The summed E-state index contributed by atoms with van der Waals surface area (Å²) in [5, 5.41) is 0. The molecule has 0 fully saturated rings. The lowest BCUT2D eigenvalue weighted by atomic mass is 10.0. The van der Waals surface area contributed by atoms with Gasteiger partial charge in [-0.3, -0.25) is 4.79 Å². The number of nitrogens with zero attached hydrogens (tertiary/aromatic N) is 1. The summed E-state index contributed by atoms with van der Waals surface area (Å²) in [5.41, 5.74) is 11.9. The van der Waals surface area contributed by atoms with Crippen LogP contribution < -0.4 is 10.5 Å². The molecule has 4 rings (SSSR count). The minimum atomic E-state index is -0.420. The van der Waals surface area contributed by atoms with Gasteiger partial charge < -0.3 is 10.5 Å². The van der Waals surface area contributed by atoms with Crippen molar-refractivity contribution >= 4 is 5.91 Å². The molecule has 3 aromatic rings. The second-order valence-electron chi connectivity index (χ2n) is 6.46. The van der Waals surface area contributed by atoms with E-state index in [0.717, 1.165) is 45.8 Å². The second kappa shape index (κ2) is 6.64. The number of benzene rings is 2. The number of amides is 1. The molecule has 0 saturated carbocycles. The van der Waals surface area contributed by atoms with Crippen LogP contribution in [-0.4, -0.2) is 17.5 Å². The van der Waals surface area contributed by atoms with E-state index < -0.39 is 5.91 Å². The standard InChI is InChI=1S/C22H20N2O2/c1-2-10-26-16-8-9-17-15(11-16)12-18-19(22(23)25)13-20(24-21(17)18)14-6-4-3-5-7-14/h3-9,11,13H,2,10,12H2,1H3,(H2,23,25). The highest BCUT2D eigenvalue weighted by atomic mass is 16.5. The van der Waals surface area contributed by atoms with E-state index in [2.05, 4.69) is 6.92 Å². The molecule has 1 amide bonds. The highest BCUT2D eigenvalue weighted by Gasteiger charge is 2.26. The topological polar surface area (TPSA) is 65.2 Å². The van der Waals surface area contributed by atoms with E-state index in [-0.39, 0.29) is 0 Å². The maximum Gasteiger partial charge on any atom is 0.249 e. The van der Waals surface area contributed by atoms with Gasteiger partial charge in [-0.1, -0.05) is 37.3 Å². The summed E-state index contributed by atoms with van der Waals surface area (Å²) >= 11 is 0. The number of pyridine rings is 1. The van der Waals surface area contributed by atoms with Crippen molar-refractivity contribution < 1.29 is 9.53 Å². The molecule has 0 atom stereocenters. The molecule has 0 aliphatic heterocycles. The van der Waals surface area contributed by atoms with Crippen LogP contribution in [0.1, 0.15) is 34.8 Å². The van der Waals surface area contributed by atoms with Crippen LogP contribution in [0, 0.1) is 0 Å². The lowest BCUT2D eigenvalue weighted by molar-refractivity contribution is 0.0999. The fourth-order valence-electron chi connectivity index (χ4n) is 3.40. The number of nitrogens with two attached hydrogens (primary N) is 1. The molecule has 0 bridgehead atoms. The van der Waals surface area contributed by atoms with Crippen molar-refractivity contribution in [3.63, 3.8) is 0 Å². The number of hydrogen-bond acceptors (Lipinski definition) is 3. The van der Waals surface area contributed by atoms with Crippen LogP contribution >= 0.6 is 0 Å². The zero-order valence-electron chi connectivity index (χ0n) is 14.7. The Morgan fingerprint density at radius 3 is 2.69 bits per heavy atom. The molecule has 0 spiro atoms. The van der Waals surface area contributed by atoms with Crippen LogP contribution in [0.15, 0.2) is 54.6 Å². The van der Waals surface area contributed by atoms with Gasteiger partial charge in [0.15, 0.2) is 0 Å². The molecule has 0 radical (unpaired) electrons. The van der Waals surface area contributed by atoms with Crippen molar-refractivity contribution in [2.24, 2.45) is 5.73 Å². The summed E-state index contributed by atoms with van der Waals surface area (Å²) in [7, 11) is 0. The predicted octanol–water partition coefficient (Wildman–Crippen LogP) is 4.21. The second-order valence-corrected chi connectivity index (χ2v) is 6.46. The first-order valence-electron chi connectivity index (χ1n) is 8.82. The molecular weight excluding hydrogens is 324 g/mol. The van der Waals surface area contributed by atoms with Crippen LogP contribution in [0.25, 0.3) is 22.5 Å². The maximum atomic E-state index is 12.1. The zero-order chi connectivity index (χ0) is 18.1. The fraction of sp³-hybridized carbons (Fsp3) is 0.182. The summed E-state index contributed by atoms with van der Waals surface area (Å²) in [6.07, 6.45) is 1.61. The SMILES string of the molecule is CCCOc1ccc2c(c1)Cc1c(C(N)=O)cc(-c3ccccc3)nc1-2. The van der Waals surface area contributed by atoms with Gasteiger partial charge in [-0.05, 0) is 41.8 Å². The molecule has 0 saturated heterocycles. The third kappa shape index (κ3) is 2.84. The first kappa shape index (κ1) is 16.3. The van der Waals surface area contributed by atoms with Crippen molar-refractivity contribution in [2.45, 2.75) is 19.8 Å². The van der Waals surface area contributed by atoms with Crippen molar-refractivity contribution in [1.82, 2.24) is 4.98 Å². The summed E-state index contributed by atoms with van der Waals surface area (Å²) in [4.78, 5) is 16.9.